The number of hydrogen-bond acceptors (Lipinski definition) is 3. The predicted molar refractivity (Wildman–Crippen MR) is 61.2 cm³/mol. The molecule has 0 atom stereocenters. The van der Waals surface area contributed by atoms with Gasteiger partial charge in [-0.2, -0.15) is 5.26 Å². The first-order chi connectivity index (χ1) is 7.24. The molecule has 4 heteroatoms. The largest absolute Gasteiger partial charge is 0.496 e. The summed E-state index contributed by atoms with van der Waals surface area (Å²) in [6, 6.07) is 5.79. The average Bonchev–Trinajstić information content (AvgIpc) is 2.27. The molecular formula is C11H12BrNO2. The number of rotatable bonds is 4. The number of benzene rings is 1. The highest BCUT2D eigenvalue weighted by molar-refractivity contribution is 9.10. The maximum Gasteiger partial charge on any atom is 0.133 e. The Morgan fingerprint density at radius 3 is 2.40 bits per heavy atom. The van der Waals surface area contributed by atoms with Crippen molar-refractivity contribution >= 4 is 15.9 Å². The van der Waals surface area contributed by atoms with Crippen LogP contribution in [0.5, 0.6) is 11.5 Å². The van der Waals surface area contributed by atoms with E-state index in [2.05, 4.69) is 22.0 Å². The van der Waals surface area contributed by atoms with Crippen molar-refractivity contribution in [1.29, 1.82) is 5.26 Å². The summed E-state index contributed by atoms with van der Waals surface area (Å²) < 4.78 is 11.3. The summed E-state index contributed by atoms with van der Waals surface area (Å²) in [5, 5.41) is 8.57. The number of nitrogens with zero attached hydrogens (tertiary/aromatic N) is 1. The molecule has 0 N–H and O–H groups in total. The number of nitriles is 1. The van der Waals surface area contributed by atoms with Gasteiger partial charge in [0.2, 0.25) is 0 Å². The molecule has 1 aromatic rings. The van der Waals surface area contributed by atoms with Crippen molar-refractivity contribution in [2.24, 2.45) is 0 Å². The Kier molecular flexibility index (Phi) is 4.44. The topological polar surface area (TPSA) is 42.2 Å². The summed E-state index contributed by atoms with van der Waals surface area (Å²) in [5.74, 6) is 1.53. The average molecular weight is 270 g/mol. The van der Waals surface area contributed by atoms with E-state index in [1.165, 1.54) is 0 Å². The lowest BCUT2D eigenvalue weighted by molar-refractivity contribution is 0.396. The second-order valence-corrected chi connectivity index (χ2v) is 3.71. The normalized spacial score (nSPS) is 9.47. The molecular weight excluding hydrogens is 258 g/mol. The molecule has 1 aromatic carbocycles. The van der Waals surface area contributed by atoms with Crippen LogP contribution in [0.2, 0.25) is 0 Å². The van der Waals surface area contributed by atoms with E-state index in [0.717, 1.165) is 21.5 Å². The first-order valence-corrected chi connectivity index (χ1v) is 5.30. The van der Waals surface area contributed by atoms with Crippen LogP contribution in [0.3, 0.4) is 0 Å². The van der Waals surface area contributed by atoms with Crippen molar-refractivity contribution in [3.05, 3.63) is 22.2 Å². The van der Waals surface area contributed by atoms with Crippen LogP contribution in [0.1, 0.15) is 12.0 Å². The molecule has 0 saturated heterocycles. The maximum absolute atomic E-state index is 8.57. The number of hydrogen-bond donors (Lipinski definition) is 0. The lowest BCUT2D eigenvalue weighted by Gasteiger charge is -2.12. The van der Waals surface area contributed by atoms with Crippen LogP contribution in [0, 0.1) is 11.3 Å². The monoisotopic (exact) mass is 269 g/mol. The fourth-order valence-corrected chi connectivity index (χ4v) is 2.03. The van der Waals surface area contributed by atoms with Crippen molar-refractivity contribution in [2.75, 3.05) is 14.2 Å². The van der Waals surface area contributed by atoms with E-state index in [-0.39, 0.29) is 0 Å². The summed E-state index contributed by atoms with van der Waals surface area (Å²) in [6.45, 7) is 0. The quantitative estimate of drug-likeness (QED) is 0.844. The number of methoxy groups -OCH3 is 2. The first kappa shape index (κ1) is 11.9. The molecule has 0 bridgehead atoms. The van der Waals surface area contributed by atoms with Crippen LogP contribution < -0.4 is 9.47 Å². The lowest BCUT2D eigenvalue weighted by Crippen LogP contribution is -1.96. The van der Waals surface area contributed by atoms with Gasteiger partial charge in [0.15, 0.2) is 0 Å². The fourth-order valence-electron chi connectivity index (χ4n) is 1.34. The Bertz CT molecular complexity index is 385. The van der Waals surface area contributed by atoms with Gasteiger partial charge in [-0.25, -0.2) is 0 Å². The Morgan fingerprint density at radius 1 is 1.27 bits per heavy atom. The van der Waals surface area contributed by atoms with Crippen molar-refractivity contribution in [3.8, 4) is 17.6 Å². The van der Waals surface area contributed by atoms with E-state index >= 15 is 0 Å². The smallest absolute Gasteiger partial charge is 0.133 e. The molecule has 0 aromatic heterocycles. The van der Waals surface area contributed by atoms with Crippen LogP contribution in [-0.4, -0.2) is 14.2 Å². The summed E-state index contributed by atoms with van der Waals surface area (Å²) in [6.07, 6.45) is 1.11. The highest BCUT2D eigenvalue weighted by Crippen LogP contribution is 2.35. The zero-order valence-electron chi connectivity index (χ0n) is 8.71. The zero-order chi connectivity index (χ0) is 11.3. The summed E-state index contributed by atoms with van der Waals surface area (Å²) in [5.41, 5.74) is 0.971. The molecule has 0 amide bonds. The molecule has 0 aliphatic rings. The van der Waals surface area contributed by atoms with Crippen LogP contribution in [-0.2, 0) is 6.42 Å². The first-order valence-electron chi connectivity index (χ1n) is 4.51. The molecule has 0 aliphatic carbocycles. The third kappa shape index (κ3) is 2.63. The van der Waals surface area contributed by atoms with Crippen molar-refractivity contribution in [1.82, 2.24) is 0 Å². The maximum atomic E-state index is 8.57. The van der Waals surface area contributed by atoms with Gasteiger partial charge in [0.05, 0.1) is 24.8 Å². The van der Waals surface area contributed by atoms with E-state index in [1.807, 2.05) is 12.1 Å². The second kappa shape index (κ2) is 5.62. The van der Waals surface area contributed by atoms with Gasteiger partial charge in [0.1, 0.15) is 11.5 Å². The van der Waals surface area contributed by atoms with Gasteiger partial charge >= 0.3 is 0 Å². The minimum atomic E-state index is 0.460. The van der Waals surface area contributed by atoms with Crippen LogP contribution in [0.25, 0.3) is 0 Å². The van der Waals surface area contributed by atoms with E-state index in [9.17, 15) is 0 Å². The molecule has 0 aliphatic heterocycles. The summed E-state index contributed by atoms with van der Waals surface area (Å²) >= 11 is 3.45. The molecule has 80 valence electrons. The van der Waals surface area contributed by atoms with Gasteiger partial charge < -0.3 is 9.47 Å². The molecule has 0 heterocycles. The van der Waals surface area contributed by atoms with E-state index in [4.69, 9.17) is 14.7 Å². The van der Waals surface area contributed by atoms with Crippen LogP contribution in [0.15, 0.2) is 16.6 Å². The molecule has 3 nitrogen and oxygen atoms in total. The number of ether oxygens (including phenoxy) is 2. The third-order valence-electron chi connectivity index (χ3n) is 2.09. The molecule has 0 unspecified atom stereocenters. The Morgan fingerprint density at radius 2 is 1.87 bits per heavy atom. The minimum Gasteiger partial charge on any atom is -0.496 e. The highest BCUT2D eigenvalue weighted by Gasteiger charge is 2.11. The van der Waals surface area contributed by atoms with Crippen molar-refractivity contribution in [3.63, 3.8) is 0 Å². The van der Waals surface area contributed by atoms with Crippen LogP contribution >= 0.6 is 15.9 Å². The standard InChI is InChI=1S/C11H12BrNO2/c1-14-9-5-6-10(15-2)11(12)8(9)4-3-7-13/h5-6H,3-4H2,1-2H3. The molecule has 0 fully saturated rings. The van der Waals surface area contributed by atoms with Gasteiger partial charge in [0.25, 0.3) is 0 Å². The predicted octanol–water partition coefficient (Wildman–Crippen LogP) is 2.92. The number of halogens is 1. The van der Waals surface area contributed by atoms with E-state index < -0.39 is 0 Å². The molecule has 0 saturated carbocycles. The van der Waals surface area contributed by atoms with Gasteiger partial charge in [-0.1, -0.05) is 0 Å². The highest BCUT2D eigenvalue weighted by atomic mass is 79.9. The lowest BCUT2D eigenvalue weighted by atomic mass is 10.1. The van der Waals surface area contributed by atoms with Gasteiger partial charge in [-0.3, -0.25) is 0 Å². The van der Waals surface area contributed by atoms with Gasteiger partial charge in [-0.15, -0.1) is 0 Å². The third-order valence-corrected chi connectivity index (χ3v) is 2.96. The molecule has 0 spiro atoms. The van der Waals surface area contributed by atoms with Gasteiger partial charge in [0, 0.05) is 12.0 Å². The zero-order valence-corrected chi connectivity index (χ0v) is 10.3. The van der Waals surface area contributed by atoms with Crippen LogP contribution in [0.4, 0.5) is 0 Å². The molecule has 15 heavy (non-hydrogen) atoms. The van der Waals surface area contributed by atoms with E-state index in [0.29, 0.717) is 12.8 Å². The Hall–Kier alpha value is -1.21. The fraction of sp³-hybridized carbons (Fsp3) is 0.364. The van der Waals surface area contributed by atoms with Crippen molar-refractivity contribution in [2.45, 2.75) is 12.8 Å². The Balaban J connectivity index is 3.12. The minimum absolute atomic E-state index is 0.460. The molecule has 0 radical (unpaired) electrons. The SMILES string of the molecule is COc1ccc(OC)c(CCC#N)c1Br. The second-order valence-electron chi connectivity index (χ2n) is 2.92. The van der Waals surface area contributed by atoms with E-state index in [1.54, 1.807) is 14.2 Å². The summed E-state index contributed by atoms with van der Waals surface area (Å²) in [7, 11) is 3.23. The Labute approximate surface area is 97.7 Å². The van der Waals surface area contributed by atoms with Gasteiger partial charge in [-0.05, 0) is 34.5 Å². The summed E-state index contributed by atoms with van der Waals surface area (Å²) in [4.78, 5) is 0. The molecule has 1 rings (SSSR count). The van der Waals surface area contributed by atoms with Crippen molar-refractivity contribution < 1.29 is 9.47 Å².